The van der Waals surface area contributed by atoms with Gasteiger partial charge in [-0.1, -0.05) is 11.6 Å². The Balaban J connectivity index is 1.50. The molecule has 1 aromatic heterocycles. The van der Waals surface area contributed by atoms with Gasteiger partial charge in [0.25, 0.3) is 11.6 Å². The van der Waals surface area contributed by atoms with E-state index in [-0.39, 0.29) is 16.6 Å². The third-order valence-electron chi connectivity index (χ3n) is 4.71. The minimum atomic E-state index is -0.505. The second-order valence-corrected chi connectivity index (χ2v) is 8.14. The van der Waals surface area contributed by atoms with E-state index in [9.17, 15) is 14.9 Å². The average Bonchev–Trinajstić information content (AvgIpc) is 3.29. The number of thioether (sulfide) groups is 1. The molecule has 0 radical (unpaired) electrons. The van der Waals surface area contributed by atoms with Crippen LogP contribution >= 0.6 is 23.4 Å². The fourth-order valence-corrected chi connectivity index (χ4v) is 4.27. The summed E-state index contributed by atoms with van der Waals surface area (Å²) in [6.45, 7) is 3.55. The van der Waals surface area contributed by atoms with Gasteiger partial charge in [0.05, 0.1) is 14.9 Å². The highest BCUT2D eigenvalue weighted by atomic mass is 35.5. The van der Waals surface area contributed by atoms with Crippen LogP contribution in [0, 0.1) is 10.1 Å². The van der Waals surface area contributed by atoms with Gasteiger partial charge in [0.1, 0.15) is 11.5 Å². The van der Waals surface area contributed by atoms with Crippen molar-refractivity contribution in [3.05, 3.63) is 56.1 Å². The molecule has 1 aromatic carbocycles. The van der Waals surface area contributed by atoms with Crippen molar-refractivity contribution in [2.24, 2.45) is 4.99 Å². The van der Waals surface area contributed by atoms with E-state index in [4.69, 9.17) is 16.0 Å². The van der Waals surface area contributed by atoms with Crippen molar-refractivity contribution in [3.63, 3.8) is 0 Å². The number of furan rings is 1. The molecule has 0 saturated carbocycles. The van der Waals surface area contributed by atoms with E-state index in [0.717, 1.165) is 31.3 Å². The molecule has 8 nitrogen and oxygen atoms in total. The van der Waals surface area contributed by atoms with Gasteiger partial charge in [0.15, 0.2) is 5.17 Å². The maximum Gasteiger partial charge on any atom is 0.286 e. The van der Waals surface area contributed by atoms with Crippen molar-refractivity contribution in [3.8, 4) is 11.3 Å². The van der Waals surface area contributed by atoms with Gasteiger partial charge in [-0.05, 0) is 37.0 Å². The third-order valence-corrected chi connectivity index (χ3v) is 6.07. The SMILES string of the molecule is CN1CCN(C2=NC(=O)/C(=C/c3ccc(-c4ccc([N+](=O)[O-])cc4Cl)o3)S2)CC1. The Morgan fingerprint density at radius 3 is 2.69 bits per heavy atom. The van der Waals surface area contributed by atoms with Crippen LogP contribution in [0.25, 0.3) is 17.4 Å². The molecular weight excluding hydrogens is 416 g/mol. The minimum Gasteiger partial charge on any atom is -0.457 e. The van der Waals surface area contributed by atoms with E-state index >= 15 is 0 Å². The number of hydrogen-bond donors (Lipinski definition) is 0. The number of carbonyl (C=O) groups is 1. The highest BCUT2D eigenvalue weighted by Gasteiger charge is 2.28. The lowest BCUT2D eigenvalue weighted by molar-refractivity contribution is -0.384. The molecule has 0 aliphatic carbocycles. The quantitative estimate of drug-likeness (QED) is 0.414. The van der Waals surface area contributed by atoms with E-state index < -0.39 is 4.92 Å². The van der Waals surface area contributed by atoms with Crippen LogP contribution in [0.3, 0.4) is 0 Å². The highest BCUT2D eigenvalue weighted by Crippen LogP contribution is 2.35. The number of likely N-dealkylation sites (N-methyl/N-ethyl adjacent to an activating group) is 1. The standard InChI is InChI=1S/C19H17ClN4O4S/c1-22-6-8-23(9-7-22)19-21-18(25)17(29-19)11-13-3-5-16(28-13)14-4-2-12(24(26)27)10-15(14)20/h2-5,10-11H,6-9H2,1H3/b17-11-. The molecule has 0 unspecified atom stereocenters. The number of hydrogen-bond acceptors (Lipinski definition) is 7. The van der Waals surface area contributed by atoms with E-state index in [2.05, 4.69) is 21.8 Å². The molecule has 3 heterocycles. The predicted molar refractivity (Wildman–Crippen MR) is 113 cm³/mol. The van der Waals surface area contributed by atoms with Gasteiger partial charge < -0.3 is 14.2 Å². The van der Waals surface area contributed by atoms with Crippen LogP contribution in [-0.2, 0) is 4.79 Å². The van der Waals surface area contributed by atoms with Gasteiger partial charge in [-0.25, -0.2) is 0 Å². The first kappa shape index (κ1) is 19.7. The first-order chi connectivity index (χ1) is 13.9. The second kappa shape index (κ2) is 8.02. The van der Waals surface area contributed by atoms with E-state index in [1.807, 2.05) is 0 Å². The molecule has 4 rings (SSSR count). The zero-order valence-electron chi connectivity index (χ0n) is 15.5. The zero-order valence-corrected chi connectivity index (χ0v) is 17.1. The number of amides is 1. The minimum absolute atomic E-state index is 0.0887. The Morgan fingerprint density at radius 1 is 1.24 bits per heavy atom. The second-order valence-electron chi connectivity index (χ2n) is 6.72. The topological polar surface area (TPSA) is 92.2 Å². The van der Waals surface area contributed by atoms with Crippen molar-refractivity contribution in [1.82, 2.24) is 9.80 Å². The lowest BCUT2D eigenvalue weighted by Crippen LogP contribution is -2.46. The number of halogens is 1. The molecule has 1 saturated heterocycles. The molecule has 1 fully saturated rings. The third kappa shape index (κ3) is 4.21. The van der Waals surface area contributed by atoms with Gasteiger partial charge in [0, 0.05) is 50.0 Å². The number of aliphatic imine (C=N–C) groups is 1. The summed E-state index contributed by atoms with van der Waals surface area (Å²) < 4.78 is 5.79. The van der Waals surface area contributed by atoms with Crippen LogP contribution in [0.1, 0.15) is 5.76 Å². The Bertz CT molecular complexity index is 1040. The molecule has 0 atom stereocenters. The fraction of sp³-hybridized carbons (Fsp3) is 0.263. The van der Waals surface area contributed by atoms with E-state index in [1.54, 1.807) is 24.3 Å². The fourth-order valence-electron chi connectivity index (χ4n) is 3.05. The van der Waals surface area contributed by atoms with Gasteiger partial charge in [-0.15, -0.1) is 0 Å². The Hall–Kier alpha value is -2.62. The molecule has 0 N–H and O–H groups in total. The normalized spacial score (nSPS) is 19.1. The first-order valence-corrected chi connectivity index (χ1v) is 10.1. The molecule has 150 valence electrons. The average molecular weight is 433 g/mol. The molecule has 0 bridgehead atoms. The van der Waals surface area contributed by atoms with Crippen LogP contribution in [-0.4, -0.2) is 59.0 Å². The molecule has 1 amide bonds. The maximum atomic E-state index is 12.3. The van der Waals surface area contributed by atoms with Gasteiger partial charge in [-0.3, -0.25) is 14.9 Å². The molecule has 2 aliphatic heterocycles. The van der Waals surface area contributed by atoms with Crippen molar-refractivity contribution < 1.29 is 14.1 Å². The lowest BCUT2D eigenvalue weighted by atomic mass is 10.1. The molecule has 2 aromatic rings. The zero-order chi connectivity index (χ0) is 20.5. The molecule has 10 heteroatoms. The number of non-ortho nitro benzene ring substituents is 1. The van der Waals surface area contributed by atoms with Crippen molar-refractivity contribution in [2.75, 3.05) is 33.2 Å². The van der Waals surface area contributed by atoms with Crippen molar-refractivity contribution in [1.29, 1.82) is 0 Å². The molecular formula is C19H17ClN4O4S. The van der Waals surface area contributed by atoms with Crippen LogP contribution in [0.4, 0.5) is 5.69 Å². The van der Waals surface area contributed by atoms with E-state index in [1.165, 1.54) is 23.9 Å². The van der Waals surface area contributed by atoms with Gasteiger partial charge in [0.2, 0.25) is 0 Å². The number of benzene rings is 1. The number of carbonyl (C=O) groups excluding carboxylic acids is 1. The van der Waals surface area contributed by atoms with Crippen LogP contribution in [0.2, 0.25) is 5.02 Å². The number of nitro benzene ring substituents is 1. The van der Waals surface area contributed by atoms with Crippen molar-refractivity contribution >= 4 is 46.2 Å². The molecule has 29 heavy (non-hydrogen) atoms. The summed E-state index contributed by atoms with van der Waals surface area (Å²) in [4.78, 5) is 31.7. The Kier molecular flexibility index (Phi) is 5.44. The van der Waals surface area contributed by atoms with Gasteiger partial charge >= 0.3 is 0 Å². The number of nitro groups is 1. The smallest absolute Gasteiger partial charge is 0.286 e. The maximum absolute atomic E-state index is 12.3. The number of amidine groups is 1. The highest BCUT2D eigenvalue weighted by molar-refractivity contribution is 8.18. The molecule has 0 spiro atoms. The summed E-state index contributed by atoms with van der Waals surface area (Å²) in [5.41, 5.74) is 0.455. The summed E-state index contributed by atoms with van der Waals surface area (Å²) in [6, 6.07) is 7.63. The largest absolute Gasteiger partial charge is 0.457 e. The van der Waals surface area contributed by atoms with Crippen LogP contribution < -0.4 is 0 Å². The number of nitrogens with zero attached hydrogens (tertiary/aromatic N) is 4. The monoisotopic (exact) mass is 432 g/mol. The van der Waals surface area contributed by atoms with Crippen LogP contribution in [0.15, 0.2) is 44.6 Å². The first-order valence-electron chi connectivity index (χ1n) is 8.91. The Morgan fingerprint density at radius 2 is 2.00 bits per heavy atom. The number of piperazine rings is 1. The lowest BCUT2D eigenvalue weighted by Gasteiger charge is -2.32. The summed E-state index contributed by atoms with van der Waals surface area (Å²) in [7, 11) is 2.07. The summed E-state index contributed by atoms with van der Waals surface area (Å²) >= 11 is 7.50. The van der Waals surface area contributed by atoms with E-state index in [0.29, 0.717) is 22.0 Å². The predicted octanol–water partition coefficient (Wildman–Crippen LogP) is 3.73. The molecule has 2 aliphatic rings. The summed E-state index contributed by atoms with van der Waals surface area (Å²) in [5.74, 6) is 0.669. The van der Waals surface area contributed by atoms with Gasteiger partial charge in [-0.2, -0.15) is 4.99 Å². The summed E-state index contributed by atoms with van der Waals surface area (Å²) in [6.07, 6.45) is 1.66. The van der Waals surface area contributed by atoms with Crippen LogP contribution in [0.5, 0.6) is 0 Å². The van der Waals surface area contributed by atoms with Crippen molar-refractivity contribution in [2.45, 2.75) is 0 Å². The number of rotatable bonds is 3. The summed E-state index contributed by atoms with van der Waals surface area (Å²) in [5, 5.41) is 11.8. The Labute approximate surface area is 176 Å².